The molecule has 0 spiro atoms. The van der Waals surface area contributed by atoms with Crippen LogP contribution >= 0.6 is 0 Å². The Labute approximate surface area is 94.0 Å². The zero-order chi connectivity index (χ0) is 11.9. The average Bonchev–Trinajstić information content (AvgIpc) is 2.41. The van der Waals surface area contributed by atoms with Crippen LogP contribution in [0.15, 0.2) is 0 Å². The number of hydrogen-bond acceptors (Lipinski definition) is 1. The van der Waals surface area contributed by atoms with E-state index in [4.69, 9.17) is 0 Å². The third kappa shape index (κ3) is 1.17. The summed E-state index contributed by atoms with van der Waals surface area (Å²) in [5, 5.41) is 0. The lowest BCUT2D eigenvalue weighted by molar-refractivity contribution is -0.00677. The topological polar surface area (TPSA) is 3.24 Å². The molecular weight excluding hydrogens is 215 g/mol. The van der Waals surface area contributed by atoms with Crippen molar-refractivity contribution >= 4 is 0 Å². The van der Waals surface area contributed by atoms with Crippen LogP contribution in [0.4, 0.5) is 13.2 Å². The van der Waals surface area contributed by atoms with E-state index in [-0.39, 0.29) is 17.5 Å². The first kappa shape index (κ1) is 10.9. The number of rotatable bonds is 0. The molecule has 1 nitrogen and oxygen atoms in total. The molecule has 0 amide bonds. The summed E-state index contributed by atoms with van der Waals surface area (Å²) in [6.07, 6.45) is -0.601. The van der Waals surface area contributed by atoms with Crippen LogP contribution in [-0.2, 0) is 0 Å². The minimum absolute atomic E-state index is 0.154. The number of hydrogen-bond donors (Lipinski definition) is 0. The molecule has 4 heteroatoms. The Morgan fingerprint density at radius 1 is 1.19 bits per heavy atom. The molecule has 2 heterocycles. The van der Waals surface area contributed by atoms with Gasteiger partial charge in [-0.2, -0.15) is 0 Å². The molecule has 0 aromatic heterocycles. The monoisotopic (exact) mass is 233 g/mol. The highest BCUT2D eigenvalue weighted by Crippen LogP contribution is 2.69. The Morgan fingerprint density at radius 2 is 1.81 bits per heavy atom. The van der Waals surface area contributed by atoms with Gasteiger partial charge >= 0.3 is 0 Å². The van der Waals surface area contributed by atoms with Gasteiger partial charge in [0.2, 0.25) is 0 Å². The van der Waals surface area contributed by atoms with Crippen molar-refractivity contribution in [2.45, 2.75) is 51.4 Å². The van der Waals surface area contributed by atoms with Gasteiger partial charge in [0.1, 0.15) is 6.17 Å². The van der Waals surface area contributed by atoms with E-state index in [9.17, 15) is 13.2 Å². The molecule has 2 aliphatic heterocycles. The summed E-state index contributed by atoms with van der Waals surface area (Å²) in [7, 11) is 0. The second-order valence-electron chi connectivity index (χ2n) is 6.63. The molecule has 5 unspecified atom stereocenters. The summed E-state index contributed by atoms with van der Waals surface area (Å²) in [6, 6.07) is -0.363. The third-order valence-electron chi connectivity index (χ3n) is 4.50. The Bertz CT molecular complexity index is 323. The van der Waals surface area contributed by atoms with Gasteiger partial charge in [0.25, 0.3) is 5.92 Å². The van der Waals surface area contributed by atoms with Gasteiger partial charge in [0.15, 0.2) is 0 Å². The summed E-state index contributed by atoms with van der Waals surface area (Å²) < 4.78 is 40.6. The lowest BCUT2D eigenvalue weighted by Gasteiger charge is -2.38. The molecule has 0 bridgehead atoms. The molecule has 3 aliphatic rings. The van der Waals surface area contributed by atoms with Crippen LogP contribution in [0.3, 0.4) is 0 Å². The molecule has 3 rings (SSSR count). The van der Waals surface area contributed by atoms with Crippen molar-refractivity contribution in [3.63, 3.8) is 0 Å². The number of nitrogens with zero attached hydrogens (tertiary/aromatic N) is 1. The number of halogens is 3. The number of piperidine rings is 1. The maximum atomic E-state index is 13.6. The summed E-state index contributed by atoms with van der Waals surface area (Å²) >= 11 is 0. The molecule has 16 heavy (non-hydrogen) atoms. The van der Waals surface area contributed by atoms with E-state index in [1.165, 1.54) is 0 Å². The Morgan fingerprint density at radius 3 is 2.38 bits per heavy atom. The lowest BCUT2D eigenvalue weighted by atomic mass is 9.83. The van der Waals surface area contributed by atoms with Crippen LogP contribution in [-0.4, -0.2) is 35.6 Å². The fraction of sp³-hybridized carbons (Fsp3) is 1.00. The molecule has 1 saturated carbocycles. The van der Waals surface area contributed by atoms with Gasteiger partial charge in [-0.25, -0.2) is 13.2 Å². The van der Waals surface area contributed by atoms with Gasteiger partial charge in [-0.05, 0) is 11.8 Å². The molecular formula is C12H18F3N. The fourth-order valence-corrected chi connectivity index (χ4v) is 4.03. The van der Waals surface area contributed by atoms with E-state index in [0.29, 0.717) is 13.0 Å². The normalized spacial score (nSPS) is 50.2. The fourth-order valence-electron chi connectivity index (χ4n) is 4.03. The summed E-state index contributed by atoms with van der Waals surface area (Å²) in [5.74, 6) is -3.63. The second-order valence-corrected chi connectivity index (χ2v) is 6.63. The van der Waals surface area contributed by atoms with Gasteiger partial charge in [-0.3, -0.25) is 4.90 Å². The largest absolute Gasteiger partial charge is 0.293 e. The Kier molecular flexibility index (Phi) is 1.88. The quantitative estimate of drug-likeness (QED) is 0.622. The number of alkyl halides is 3. The van der Waals surface area contributed by atoms with Crippen LogP contribution in [0, 0.1) is 17.3 Å². The zero-order valence-corrected chi connectivity index (χ0v) is 9.88. The lowest BCUT2D eigenvalue weighted by Crippen LogP contribution is -2.46. The van der Waals surface area contributed by atoms with Crippen molar-refractivity contribution in [3.05, 3.63) is 0 Å². The van der Waals surface area contributed by atoms with Crippen LogP contribution in [0.2, 0.25) is 0 Å². The highest BCUT2D eigenvalue weighted by molar-refractivity contribution is 5.25. The van der Waals surface area contributed by atoms with E-state index >= 15 is 0 Å². The molecule has 0 aromatic carbocycles. The van der Waals surface area contributed by atoms with E-state index in [1.54, 1.807) is 0 Å². The predicted molar refractivity (Wildman–Crippen MR) is 55.2 cm³/mol. The smallest absolute Gasteiger partial charge is 0.257 e. The third-order valence-corrected chi connectivity index (χ3v) is 4.50. The first-order chi connectivity index (χ1) is 7.24. The van der Waals surface area contributed by atoms with E-state index in [0.717, 1.165) is 0 Å². The average molecular weight is 233 g/mol. The predicted octanol–water partition coefficient (Wildman–Crippen LogP) is 2.71. The second kappa shape index (κ2) is 2.77. The number of fused-ring (bicyclic) bond motifs is 3. The zero-order valence-electron chi connectivity index (χ0n) is 9.88. The maximum Gasteiger partial charge on any atom is 0.257 e. The highest BCUT2D eigenvalue weighted by atomic mass is 19.3. The summed E-state index contributed by atoms with van der Waals surface area (Å²) in [6.45, 7) is 6.31. The molecule has 0 aromatic rings. The highest BCUT2D eigenvalue weighted by Gasteiger charge is 2.81. The molecule has 0 radical (unpaired) electrons. The van der Waals surface area contributed by atoms with Crippen LogP contribution < -0.4 is 0 Å². The van der Waals surface area contributed by atoms with Gasteiger partial charge in [0, 0.05) is 30.5 Å². The van der Waals surface area contributed by atoms with Gasteiger partial charge in [-0.15, -0.1) is 0 Å². The first-order valence-corrected chi connectivity index (χ1v) is 6.02. The maximum absolute atomic E-state index is 13.6. The van der Waals surface area contributed by atoms with Gasteiger partial charge in [-0.1, -0.05) is 20.8 Å². The van der Waals surface area contributed by atoms with E-state index < -0.39 is 23.9 Å². The Balaban J connectivity index is 1.93. The molecule has 1 aliphatic carbocycles. The molecule has 3 fully saturated rings. The van der Waals surface area contributed by atoms with Crippen LogP contribution in [0.25, 0.3) is 0 Å². The Hall–Kier alpha value is -0.250. The molecule has 92 valence electrons. The molecule has 0 N–H and O–H groups in total. The van der Waals surface area contributed by atoms with Crippen LogP contribution in [0.5, 0.6) is 0 Å². The van der Waals surface area contributed by atoms with Gasteiger partial charge < -0.3 is 0 Å². The summed E-state index contributed by atoms with van der Waals surface area (Å²) in [4.78, 5) is 2.01. The van der Waals surface area contributed by atoms with Crippen molar-refractivity contribution < 1.29 is 13.2 Å². The SMILES string of the molecule is CC(C)(C)C1C2C(C3CC(F)CN31)C2(F)F. The van der Waals surface area contributed by atoms with Crippen molar-refractivity contribution in [2.24, 2.45) is 17.3 Å². The van der Waals surface area contributed by atoms with Crippen molar-refractivity contribution in [3.8, 4) is 0 Å². The molecule has 5 atom stereocenters. The van der Waals surface area contributed by atoms with Crippen molar-refractivity contribution in [1.29, 1.82) is 0 Å². The van der Waals surface area contributed by atoms with Crippen LogP contribution in [0.1, 0.15) is 27.2 Å². The first-order valence-electron chi connectivity index (χ1n) is 6.02. The van der Waals surface area contributed by atoms with E-state index in [2.05, 4.69) is 0 Å². The van der Waals surface area contributed by atoms with Gasteiger partial charge in [0.05, 0.1) is 0 Å². The molecule has 2 saturated heterocycles. The minimum Gasteiger partial charge on any atom is -0.293 e. The van der Waals surface area contributed by atoms with E-state index in [1.807, 2.05) is 25.7 Å². The van der Waals surface area contributed by atoms with Crippen molar-refractivity contribution in [1.82, 2.24) is 4.90 Å². The summed E-state index contributed by atoms with van der Waals surface area (Å²) in [5.41, 5.74) is -0.193. The minimum atomic E-state index is -2.54. The standard InChI is InChI=1S/C12H18F3N/c1-11(2,3)10-9-8(12(9,14)15)7-4-6(13)5-16(7)10/h6-10H,4-5H2,1-3H3. The van der Waals surface area contributed by atoms with Crippen molar-refractivity contribution in [2.75, 3.05) is 6.54 Å².